The lowest BCUT2D eigenvalue weighted by Gasteiger charge is -2.30. The number of likely N-dealkylation sites (tertiary alicyclic amines) is 1. The first-order valence-corrected chi connectivity index (χ1v) is 6.27. The van der Waals surface area contributed by atoms with Crippen molar-refractivity contribution >= 4 is 11.9 Å². The van der Waals surface area contributed by atoms with E-state index in [1.54, 1.807) is 11.8 Å². The van der Waals surface area contributed by atoms with E-state index in [1.807, 2.05) is 0 Å². The monoisotopic (exact) mass is 265 g/mol. The fourth-order valence-electron chi connectivity index (χ4n) is 2.37. The van der Waals surface area contributed by atoms with Crippen LogP contribution in [0.5, 0.6) is 0 Å². The van der Waals surface area contributed by atoms with Gasteiger partial charge in [-0.3, -0.25) is 9.59 Å². The third-order valence-electron chi connectivity index (χ3n) is 3.55. The Morgan fingerprint density at radius 1 is 1.32 bits per heavy atom. The molecule has 0 radical (unpaired) electrons. The minimum atomic E-state index is -0.801. The van der Waals surface area contributed by atoms with Crippen molar-refractivity contribution in [2.75, 3.05) is 13.1 Å². The van der Waals surface area contributed by atoms with Gasteiger partial charge in [-0.25, -0.2) is 4.39 Å². The average Bonchev–Trinajstić information content (AvgIpc) is 2.38. The minimum absolute atomic E-state index is 0.152. The maximum Gasteiger partial charge on any atom is 0.306 e. The van der Waals surface area contributed by atoms with Gasteiger partial charge in [0.25, 0.3) is 5.91 Å². The minimum Gasteiger partial charge on any atom is -0.481 e. The molecule has 1 N–H and O–H groups in total. The number of benzene rings is 1. The zero-order valence-corrected chi connectivity index (χ0v) is 10.7. The first kappa shape index (κ1) is 13.5. The van der Waals surface area contributed by atoms with Gasteiger partial charge in [-0.1, -0.05) is 0 Å². The Morgan fingerprint density at radius 2 is 1.95 bits per heavy atom. The topological polar surface area (TPSA) is 57.6 Å². The van der Waals surface area contributed by atoms with Crippen LogP contribution in [0.2, 0.25) is 0 Å². The largest absolute Gasteiger partial charge is 0.481 e. The summed E-state index contributed by atoms with van der Waals surface area (Å²) >= 11 is 0. The number of rotatable bonds is 2. The highest BCUT2D eigenvalue weighted by molar-refractivity contribution is 5.95. The van der Waals surface area contributed by atoms with Gasteiger partial charge in [0.15, 0.2) is 0 Å². The van der Waals surface area contributed by atoms with E-state index >= 15 is 0 Å². The molecule has 0 bridgehead atoms. The Kier molecular flexibility index (Phi) is 3.83. The number of carbonyl (C=O) groups excluding carboxylic acids is 1. The molecule has 4 nitrogen and oxygen atoms in total. The van der Waals surface area contributed by atoms with Crippen LogP contribution < -0.4 is 0 Å². The van der Waals surface area contributed by atoms with E-state index in [0.717, 1.165) is 0 Å². The molecule has 1 amide bonds. The average molecular weight is 265 g/mol. The number of amides is 1. The van der Waals surface area contributed by atoms with Crippen molar-refractivity contribution in [3.8, 4) is 0 Å². The van der Waals surface area contributed by atoms with Gasteiger partial charge in [0.1, 0.15) is 5.82 Å². The van der Waals surface area contributed by atoms with Gasteiger partial charge < -0.3 is 10.0 Å². The Bertz CT molecular complexity index is 507. The van der Waals surface area contributed by atoms with E-state index in [9.17, 15) is 14.0 Å². The smallest absolute Gasteiger partial charge is 0.306 e. The predicted molar refractivity (Wildman–Crippen MR) is 67.4 cm³/mol. The molecule has 0 aromatic heterocycles. The van der Waals surface area contributed by atoms with Gasteiger partial charge in [0.2, 0.25) is 0 Å². The molecular formula is C14H16FNO3. The molecule has 0 spiro atoms. The van der Waals surface area contributed by atoms with E-state index in [0.29, 0.717) is 37.1 Å². The van der Waals surface area contributed by atoms with Crippen LogP contribution in [0.15, 0.2) is 18.2 Å². The number of hydrogen-bond donors (Lipinski definition) is 1. The van der Waals surface area contributed by atoms with Gasteiger partial charge in [0.05, 0.1) is 5.92 Å². The van der Waals surface area contributed by atoms with Crippen LogP contribution in [0.1, 0.15) is 28.8 Å². The Balaban J connectivity index is 2.07. The van der Waals surface area contributed by atoms with Crippen molar-refractivity contribution in [3.05, 3.63) is 35.1 Å². The van der Waals surface area contributed by atoms with E-state index in [4.69, 9.17) is 5.11 Å². The number of halogens is 1. The lowest BCUT2D eigenvalue weighted by atomic mass is 9.96. The second-order valence-electron chi connectivity index (χ2n) is 4.86. The number of carboxylic acid groups (broad SMARTS) is 1. The molecule has 1 fully saturated rings. The number of nitrogens with zero attached hydrogens (tertiary/aromatic N) is 1. The van der Waals surface area contributed by atoms with Crippen molar-refractivity contribution in [3.63, 3.8) is 0 Å². The molecule has 1 aromatic rings. The number of piperidine rings is 1. The zero-order valence-electron chi connectivity index (χ0n) is 10.7. The van der Waals surface area contributed by atoms with Crippen LogP contribution >= 0.6 is 0 Å². The molecule has 0 saturated carbocycles. The summed E-state index contributed by atoms with van der Waals surface area (Å²) in [6, 6.07) is 4.08. The SMILES string of the molecule is Cc1cc(F)ccc1C(=O)N1CCC(C(=O)O)CC1. The number of carbonyl (C=O) groups is 2. The van der Waals surface area contributed by atoms with Gasteiger partial charge in [-0.05, 0) is 43.5 Å². The van der Waals surface area contributed by atoms with E-state index in [1.165, 1.54) is 18.2 Å². The third kappa shape index (κ3) is 2.92. The molecule has 2 rings (SSSR count). The molecule has 102 valence electrons. The van der Waals surface area contributed by atoms with Crippen LogP contribution in [0, 0.1) is 18.7 Å². The summed E-state index contributed by atoms with van der Waals surface area (Å²) in [6.45, 7) is 2.57. The highest BCUT2D eigenvalue weighted by atomic mass is 19.1. The van der Waals surface area contributed by atoms with Crippen LogP contribution in [0.3, 0.4) is 0 Å². The molecular weight excluding hydrogens is 249 g/mol. The predicted octanol–water partition coefficient (Wildman–Crippen LogP) is 2.07. The first-order valence-electron chi connectivity index (χ1n) is 6.27. The molecule has 0 aliphatic carbocycles. The van der Waals surface area contributed by atoms with Crippen molar-refractivity contribution in [2.45, 2.75) is 19.8 Å². The standard InChI is InChI=1S/C14H16FNO3/c1-9-8-11(15)2-3-12(9)13(17)16-6-4-10(5-7-16)14(18)19/h2-3,8,10H,4-7H2,1H3,(H,18,19). The summed E-state index contributed by atoms with van der Waals surface area (Å²) in [5.74, 6) is -1.68. The van der Waals surface area contributed by atoms with Crippen LogP contribution in [0.25, 0.3) is 0 Å². The normalized spacial score (nSPS) is 16.4. The summed E-state index contributed by atoms with van der Waals surface area (Å²) in [4.78, 5) is 24.8. The van der Waals surface area contributed by atoms with Crippen LogP contribution in [-0.4, -0.2) is 35.0 Å². The maximum absolute atomic E-state index is 13.0. The fourth-order valence-corrected chi connectivity index (χ4v) is 2.37. The summed E-state index contributed by atoms with van der Waals surface area (Å²) < 4.78 is 13.0. The van der Waals surface area contributed by atoms with Gasteiger partial charge in [0, 0.05) is 18.7 Å². The van der Waals surface area contributed by atoms with E-state index < -0.39 is 5.97 Å². The second-order valence-corrected chi connectivity index (χ2v) is 4.86. The summed E-state index contributed by atoms with van der Waals surface area (Å²) in [6.07, 6.45) is 0.947. The second kappa shape index (κ2) is 5.38. The highest BCUT2D eigenvalue weighted by Crippen LogP contribution is 2.20. The lowest BCUT2D eigenvalue weighted by molar-refractivity contribution is -0.143. The zero-order chi connectivity index (χ0) is 14.0. The van der Waals surface area contributed by atoms with Crippen LogP contribution in [0.4, 0.5) is 4.39 Å². The first-order chi connectivity index (χ1) is 8.99. The van der Waals surface area contributed by atoms with Crippen molar-refractivity contribution in [1.29, 1.82) is 0 Å². The molecule has 1 aromatic carbocycles. The Morgan fingerprint density at radius 3 is 2.47 bits per heavy atom. The molecule has 1 aliphatic heterocycles. The summed E-state index contributed by atoms with van der Waals surface area (Å²) in [5, 5.41) is 8.91. The third-order valence-corrected chi connectivity index (χ3v) is 3.55. The molecule has 19 heavy (non-hydrogen) atoms. The van der Waals surface area contributed by atoms with Crippen LogP contribution in [-0.2, 0) is 4.79 Å². The summed E-state index contributed by atoms with van der Waals surface area (Å²) in [5.41, 5.74) is 1.08. The van der Waals surface area contributed by atoms with Gasteiger partial charge in [-0.2, -0.15) is 0 Å². The maximum atomic E-state index is 13.0. The summed E-state index contributed by atoms with van der Waals surface area (Å²) in [7, 11) is 0. The van der Waals surface area contributed by atoms with Crippen molar-refractivity contribution in [1.82, 2.24) is 4.90 Å². The van der Waals surface area contributed by atoms with Gasteiger partial charge in [-0.15, -0.1) is 0 Å². The van der Waals surface area contributed by atoms with Gasteiger partial charge >= 0.3 is 5.97 Å². The van der Waals surface area contributed by atoms with E-state index in [-0.39, 0.29) is 17.6 Å². The molecule has 0 unspecified atom stereocenters. The number of aryl methyl sites for hydroxylation is 1. The Hall–Kier alpha value is -1.91. The van der Waals surface area contributed by atoms with Crippen molar-refractivity contribution < 1.29 is 19.1 Å². The van der Waals surface area contributed by atoms with E-state index in [2.05, 4.69) is 0 Å². The van der Waals surface area contributed by atoms with Crippen molar-refractivity contribution in [2.24, 2.45) is 5.92 Å². The quantitative estimate of drug-likeness (QED) is 0.890. The molecule has 1 heterocycles. The Labute approximate surface area is 110 Å². The fraction of sp³-hybridized carbons (Fsp3) is 0.429. The molecule has 0 atom stereocenters. The molecule has 5 heteroatoms. The highest BCUT2D eigenvalue weighted by Gasteiger charge is 2.27. The number of carboxylic acids is 1. The lowest BCUT2D eigenvalue weighted by Crippen LogP contribution is -2.40. The number of aliphatic carboxylic acids is 1. The number of hydrogen-bond acceptors (Lipinski definition) is 2. The molecule has 1 aliphatic rings. The molecule has 1 saturated heterocycles.